The minimum absolute atomic E-state index is 0.321. The zero-order valence-electron chi connectivity index (χ0n) is 9.99. The Morgan fingerprint density at radius 3 is 2.32 bits per heavy atom. The van der Waals surface area contributed by atoms with Crippen molar-refractivity contribution in [3.63, 3.8) is 0 Å². The van der Waals surface area contributed by atoms with Crippen LogP contribution in [0.15, 0.2) is 12.1 Å². The molecule has 1 fully saturated rings. The van der Waals surface area contributed by atoms with Gasteiger partial charge in [0.2, 0.25) is 9.05 Å². The number of ether oxygens (including phenoxy) is 2. The predicted molar refractivity (Wildman–Crippen MR) is 72.4 cm³/mol. The summed E-state index contributed by atoms with van der Waals surface area (Å²) >= 11 is 6.05. The maximum atomic E-state index is 11.1. The fourth-order valence-corrected chi connectivity index (χ4v) is 3.84. The molecule has 2 aliphatic rings. The Morgan fingerprint density at radius 2 is 1.74 bits per heavy atom. The molecule has 0 bridgehead atoms. The molecule has 3 rings (SSSR count). The molecule has 1 spiro atoms. The van der Waals surface area contributed by atoms with Crippen molar-refractivity contribution in [1.82, 2.24) is 0 Å². The van der Waals surface area contributed by atoms with E-state index >= 15 is 0 Å². The molecule has 104 valence electrons. The van der Waals surface area contributed by atoms with E-state index < -0.39 is 14.8 Å². The average Bonchev–Trinajstić information content (AvgIpc) is 2.84. The van der Waals surface area contributed by atoms with E-state index in [9.17, 15) is 8.42 Å². The van der Waals surface area contributed by atoms with E-state index in [2.05, 4.69) is 0 Å². The number of fused-ring (bicyclic) bond motifs is 1. The van der Waals surface area contributed by atoms with Gasteiger partial charge in [0.1, 0.15) is 0 Å². The Morgan fingerprint density at radius 1 is 1.16 bits per heavy atom. The molecule has 0 radical (unpaired) electrons. The SMILES string of the molecule is O=S(=O)(Cl)Cc1cc2c(cc1Cl)OC1(CCCC1)O2. The van der Waals surface area contributed by atoms with Gasteiger partial charge >= 0.3 is 0 Å². The van der Waals surface area contributed by atoms with Gasteiger partial charge in [-0.15, -0.1) is 0 Å². The van der Waals surface area contributed by atoms with Crippen molar-refractivity contribution in [2.75, 3.05) is 0 Å². The normalized spacial score (nSPS) is 20.1. The first kappa shape index (κ1) is 13.3. The predicted octanol–water partition coefficient (Wildman–Crippen LogP) is 3.45. The van der Waals surface area contributed by atoms with E-state index in [1.165, 1.54) is 0 Å². The van der Waals surface area contributed by atoms with Gasteiger partial charge in [-0.25, -0.2) is 8.42 Å². The molecular formula is C12H12Cl2O4S. The summed E-state index contributed by atoms with van der Waals surface area (Å²) in [6.07, 6.45) is 3.79. The maximum Gasteiger partial charge on any atom is 0.251 e. The first-order chi connectivity index (χ1) is 8.87. The van der Waals surface area contributed by atoms with Gasteiger partial charge in [-0.3, -0.25) is 0 Å². The molecule has 19 heavy (non-hydrogen) atoms. The molecule has 4 nitrogen and oxygen atoms in total. The third-order valence-electron chi connectivity index (χ3n) is 3.40. The van der Waals surface area contributed by atoms with E-state index in [1.54, 1.807) is 12.1 Å². The summed E-state index contributed by atoms with van der Waals surface area (Å²) in [5.74, 6) is 0.213. The van der Waals surface area contributed by atoms with Gasteiger partial charge in [0.15, 0.2) is 11.5 Å². The lowest BCUT2D eigenvalue weighted by molar-refractivity contribution is -0.0716. The highest BCUT2D eigenvalue weighted by Crippen LogP contribution is 2.48. The highest BCUT2D eigenvalue weighted by atomic mass is 35.7. The largest absolute Gasteiger partial charge is 0.448 e. The summed E-state index contributed by atoms with van der Waals surface area (Å²) in [5, 5.41) is 0.321. The molecule has 7 heteroatoms. The summed E-state index contributed by atoms with van der Waals surface area (Å²) < 4.78 is 34.0. The van der Waals surface area contributed by atoms with E-state index in [-0.39, 0.29) is 5.75 Å². The van der Waals surface area contributed by atoms with Crippen molar-refractivity contribution in [2.45, 2.75) is 37.2 Å². The fourth-order valence-electron chi connectivity index (χ4n) is 2.57. The van der Waals surface area contributed by atoms with E-state index in [4.69, 9.17) is 31.8 Å². The van der Waals surface area contributed by atoms with Crippen LogP contribution in [0.25, 0.3) is 0 Å². The van der Waals surface area contributed by atoms with Crippen molar-refractivity contribution in [3.8, 4) is 11.5 Å². The number of halogens is 2. The molecule has 1 saturated carbocycles. The molecule has 0 amide bonds. The number of hydrogen-bond donors (Lipinski definition) is 0. The summed E-state index contributed by atoms with van der Waals surface area (Å²) in [6, 6.07) is 3.20. The van der Waals surface area contributed by atoms with Crippen LogP contribution in [0.1, 0.15) is 31.2 Å². The standard InChI is InChI=1S/C12H12Cl2O4S/c13-9-6-11-10(5-8(9)7-19(14,15)16)17-12(18-11)3-1-2-4-12/h5-6H,1-4,7H2. The van der Waals surface area contributed by atoms with Gasteiger partial charge < -0.3 is 9.47 Å². The van der Waals surface area contributed by atoms with Crippen LogP contribution >= 0.6 is 22.3 Å². The van der Waals surface area contributed by atoms with Gasteiger partial charge in [-0.05, 0) is 24.5 Å². The van der Waals surface area contributed by atoms with Gasteiger partial charge in [-0.2, -0.15) is 0 Å². The average molecular weight is 323 g/mol. The Kier molecular flexibility index (Phi) is 3.11. The summed E-state index contributed by atoms with van der Waals surface area (Å²) in [4.78, 5) is 0. The fraction of sp³-hybridized carbons (Fsp3) is 0.500. The van der Waals surface area contributed by atoms with Crippen LogP contribution in [0.2, 0.25) is 5.02 Å². The van der Waals surface area contributed by atoms with Crippen LogP contribution in [0, 0.1) is 0 Å². The molecule has 0 aromatic heterocycles. The van der Waals surface area contributed by atoms with Crippen LogP contribution in [0.5, 0.6) is 11.5 Å². The molecule has 0 atom stereocenters. The lowest BCUT2D eigenvalue weighted by Gasteiger charge is -2.21. The highest BCUT2D eigenvalue weighted by molar-refractivity contribution is 8.13. The van der Waals surface area contributed by atoms with Crippen LogP contribution in [0.3, 0.4) is 0 Å². The minimum atomic E-state index is -3.65. The van der Waals surface area contributed by atoms with Crippen molar-refractivity contribution in [1.29, 1.82) is 0 Å². The van der Waals surface area contributed by atoms with Gasteiger partial charge in [0, 0.05) is 34.6 Å². The molecule has 0 N–H and O–H groups in total. The Labute approximate surface area is 121 Å². The molecule has 0 unspecified atom stereocenters. The second-order valence-electron chi connectivity index (χ2n) is 4.90. The molecular weight excluding hydrogens is 311 g/mol. The van der Waals surface area contributed by atoms with Crippen molar-refractivity contribution in [2.24, 2.45) is 0 Å². The molecule has 1 heterocycles. The minimum Gasteiger partial charge on any atom is -0.448 e. The van der Waals surface area contributed by atoms with E-state index in [0.29, 0.717) is 22.1 Å². The third-order valence-corrected chi connectivity index (χ3v) is 4.73. The number of rotatable bonds is 2. The molecule has 1 aliphatic heterocycles. The monoisotopic (exact) mass is 322 g/mol. The second-order valence-corrected chi connectivity index (χ2v) is 8.08. The summed E-state index contributed by atoms with van der Waals surface area (Å²) in [5.41, 5.74) is 0.425. The van der Waals surface area contributed by atoms with Crippen LogP contribution < -0.4 is 9.47 Å². The number of benzene rings is 1. The van der Waals surface area contributed by atoms with Crippen molar-refractivity contribution < 1.29 is 17.9 Å². The first-order valence-corrected chi connectivity index (χ1v) is 8.85. The lowest BCUT2D eigenvalue weighted by Crippen LogP contribution is -2.34. The van der Waals surface area contributed by atoms with Crippen molar-refractivity contribution >= 4 is 31.3 Å². The van der Waals surface area contributed by atoms with E-state index in [0.717, 1.165) is 25.7 Å². The highest BCUT2D eigenvalue weighted by Gasteiger charge is 2.44. The zero-order chi connectivity index (χ0) is 13.7. The topological polar surface area (TPSA) is 52.6 Å². The lowest BCUT2D eigenvalue weighted by atomic mass is 10.2. The Balaban J connectivity index is 1.94. The van der Waals surface area contributed by atoms with Crippen LogP contribution in [-0.2, 0) is 14.8 Å². The Hall–Kier alpha value is -0.650. The van der Waals surface area contributed by atoms with Crippen LogP contribution in [0.4, 0.5) is 0 Å². The second kappa shape index (κ2) is 4.43. The molecule has 1 aliphatic carbocycles. The Bertz CT molecular complexity index is 621. The van der Waals surface area contributed by atoms with E-state index in [1.807, 2.05) is 0 Å². The van der Waals surface area contributed by atoms with Crippen molar-refractivity contribution in [3.05, 3.63) is 22.7 Å². The summed E-state index contributed by atoms with van der Waals surface area (Å²) in [7, 11) is 1.60. The molecule has 0 saturated heterocycles. The van der Waals surface area contributed by atoms with Gasteiger partial charge in [0.05, 0.1) is 5.75 Å². The van der Waals surface area contributed by atoms with Gasteiger partial charge in [-0.1, -0.05) is 11.6 Å². The van der Waals surface area contributed by atoms with Gasteiger partial charge in [0.25, 0.3) is 5.79 Å². The van der Waals surface area contributed by atoms with Crippen LogP contribution in [-0.4, -0.2) is 14.2 Å². The number of hydrogen-bond acceptors (Lipinski definition) is 4. The third kappa shape index (κ3) is 2.64. The molecule has 1 aromatic rings. The quantitative estimate of drug-likeness (QED) is 0.782. The smallest absolute Gasteiger partial charge is 0.251 e. The zero-order valence-corrected chi connectivity index (χ0v) is 12.3. The maximum absolute atomic E-state index is 11.1. The first-order valence-electron chi connectivity index (χ1n) is 6.00. The summed E-state index contributed by atoms with van der Waals surface area (Å²) in [6.45, 7) is 0. The molecule has 1 aromatic carbocycles.